The van der Waals surface area contributed by atoms with Gasteiger partial charge in [-0.15, -0.1) is 0 Å². The van der Waals surface area contributed by atoms with Gasteiger partial charge in [0.15, 0.2) is 0 Å². The van der Waals surface area contributed by atoms with E-state index in [9.17, 15) is 0 Å². The number of nitrogens with two attached hydrogens (primary N) is 1. The van der Waals surface area contributed by atoms with Gasteiger partial charge < -0.3 is 10.6 Å². The van der Waals surface area contributed by atoms with Crippen LogP contribution in [0.3, 0.4) is 0 Å². The molecule has 0 amide bonds. The van der Waals surface area contributed by atoms with Crippen molar-refractivity contribution in [1.82, 2.24) is 4.90 Å². The molecule has 1 heterocycles. The third kappa shape index (κ3) is 2.96. The van der Waals surface area contributed by atoms with Crippen LogP contribution in [0.15, 0.2) is 22.7 Å². The molecule has 1 aliphatic rings. The van der Waals surface area contributed by atoms with Crippen LogP contribution in [-0.2, 0) is 0 Å². The molecule has 1 atom stereocenters. The van der Waals surface area contributed by atoms with Gasteiger partial charge in [-0.1, -0.05) is 15.9 Å². The predicted molar refractivity (Wildman–Crippen MR) is 85.8 cm³/mol. The van der Waals surface area contributed by atoms with E-state index in [1.165, 1.54) is 15.7 Å². The van der Waals surface area contributed by atoms with Gasteiger partial charge in [0.05, 0.1) is 0 Å². The molecule has 1 aromatic carbocycles. The number of nitrogens with zero attached hydrogens (tertiary/aromatic N) is 2. The zero-order valence-corrected chi connectivity index (χ0v) is 13.9. The van der Waals surface area contributed by atoms with Gasteiger partial charge in [-0.3, -0.25) is 4.90 Å². The molecule has 1 fully saturated rings. The number of likely N-dealkylation sites (N-methyl/N-ethyl adjacent to an activating group) is 1. The second kappa shape index (κ2) is 5.43. The van der Waals surface area contributed by atoms with Crippen molar-refractivity contribution in [3.8, 4) is 0 Å². The fourth-order valence-corrected chi connectivity index (χ4v) is 3.17. The Morgan fingerprint density at radius 1 is 1.42 bits per heavy atom. The number of rotatable bonds is 2. The van der Waals surface area contributed by atoms with Crippen LogP contribution in [0.5, 0.6) is 0 Å². The first-order valence-corrected chi connectivity index (χ1v) is 7.58. The van der Waals surface area contributed by atoms with Gasteiger partial charge in [-0.05, 0) is 51.6 Å². The number of piperazine rings is 1. The van der Waals surface area contributed by atoms with Gasteiger partial charge in [-0.2, -0.15) is 0 Å². The van der Waals surface area contributed by atoms with Crippen molar-refractivity contribution in [2.24, 2.45) is 5.73 Å². The molecule has 0 aliphatic carbocycles. The standard InChI is InChI=1S/C15H24BrN3/c1-11-7-12(5-6-14(11)16)19-9-13(8-17)18(4)10-15(19,2)3/h5-7,13H,8-10,17H2,1-4H3. The summed E-state index contributed by atoms with van der Waals surface area (Å²) in [5.74, 6) is 0. The lowest BCUT2D eigenvalue weighted by molar-refractivity contribution is 0.155. The third-order valence-electron chi connectivity index (χ3n) is 4.11. The van der Waals surface area contributed by atoms with Gasteiger partial charge in [0.2, 0.25) is 0 Å². The van der Waals surface area contributed by atoms with E-state index in [0.717, 1.165) is 13.1 Å². The summed E-state index contributed by atoms with van der Waals surface area (Å²) in [6.45, 7) is 9.46. The van der Waals surface area contributed by atoms with Crippen LogP contribution in [0.4, 0.5) is 5.69 Å². The minimum Gasteiger partial charge on any atom is -0.363 e. The summed E-state index contributed by atoms with van der Waals surface area (Å²) in [4.78, 5) is 4.87. The maximum Gasteiger partial charge on any atom is 0.0473 e. The third-order valence-corrected chi connectivity index (χ3v) is 5.00. The Hall–Kier alpha value is -0.580. The van der Waals surface area contributed by atoms with E-state index in [0.29, 0.717) is 12.6 Å². The van der Waals surface area contributed by atoms with E-state index in [1.54, 1.807) is 0 Å². The van der Waals surface area contributed by atoms with Crippen molar-refractivity contribution < 1.29 is 0 Å². The zero-order chi connectivity index (χ0) is 14.2. The van der Waals surface area contributed by atoms with Gasteiger partial charge in [0, 0.05) is 41.4 Å². The Labute approximate surface area is 124 Å². The highest BCUT2D eigenvalue weighted by Crippen LogP contribution is 2.31. The van der Waals surface area contributed by atoms with Crippen LogP contribution < -0.4 is 10.6 Å². The van der Waals surface area contributed by atoms with E-state index < -0.39 is 0 Å². The molecule has 106 valence electrons. The van der Waals surface area contributed by atoms with E-state index in [-0.39, 0.29) is 5.54 Å². The molecule has 1 aliphatic heterocycles. The van der Waals surface area contributed by atoms with Crippen LogP contribution >= 0.6 is 15.9 Å². The van der Waals surface area contributed by atoms with Crippen LogP contribution in [0, 0.1) is 6.92 Å². The number of hydrogen-bond acceptors (Lipinski definition) is 3. The fraction of sp³-hybridized carbons (Fsp3) is 0.600. The quantitative estimate of drug-likeness (QED) is 0.907. The van der Waals surface area contributed by atoms with Crippen LogP contribution in [0.2, 0.25) is 0 Å². The number of halogens is 1. The van der Waals surface area contributed by atoms with Gasteiger partial charge >= 0.3 is 0 Å². The second-order valence-corrected chi connectivity index (χ2v) is 7.02. The van der Waals surface area contributed by atoms with Crippen LogP contribution in [-0.4, -0.2) is 43.2 Å². The smallest absolute Gasteiger partial charge is 0.0473 e. The minimum absolute atomic E-state index is 0.126. The summed E-state index contributed by atoms with van der Waals surface area (Å²) in [6.07, 6.45) is 0. The Kier molecular flexibility index (Phi) is 4.23. The molecule has 0 bridgehead atoms. The molecular weight excluding hydrogens is 302 g/mol. The van der Waals surface area contributed by atoms with Crippen LogP contribution in [0.25, 0.3) is 0 Å². The van der Waals surface area contributed by atoms with Crippen molar-refractivity contribution >= 4 is 21.6 Å². The van der Waals surface area contributed by atoms with Crippen molar-refractivity contribution in [1.29, 1.82) is 0 Å². The molecule has 0 saturated carbocycles. The second-order valence-electron chi connectivity index (χ2n) is 6.16. The van der Waals surface area contributed by atoms with Crippen molar-refractivity contribution in [2.75, 3.05) is 31.6 Å². The number of benzene rings is 1. The molecule has 4 heteroatoms. The highest BCUT2D eigenvalue weighted by Gasteiger charge is 2.36. The van der Waals surface area contributed by atoms with Gasteiger partial charge in [0.1, 0.15) is 0 Å². The predicted octanol–water partition coefficient (Wildman–Crippen LogP) is 2.62. The molecule has 1 unspecified atom stereocenters. The lowest BCUT2D eigenvalue weighted by Crippen LogP contribution is -2.64. The van der Waals surface area contributed by atoms with Gasteiger partial charge in [-0.25, -0.2) is 0 Å². The summed E-state index contributed by atoms with van der Waals surface area (Å²) in [7, 11) is 2.17. The maximum absolute atomic E-state index is 5.90. The molecule has 1 aromatic rings. The summed E-state index contributed by atoms with van der Waals surface area (Å²) in [5, 5.41) is 0. The Bertz CT molecular complexity index is 459. The summed E-state index contributed by atoms with van der Waals surface area (Å²) < 4.78 is 1.17. The monoisotopic (exact) mass is 325 g/mol. The van der Waals surface area contributed by atoms with Crippen molar-refractivity contribution in [3.63, 3.8) is 0 Å². The first kappa shape index (κ1) is 14.8. The van der Waals surface area contributed by atoms with Crippen molar-refractivity contribution in [3.05, 3.63) is 28.2 Å². The SMILES string of the molecule is Cc1cc(N2CC(CN)N(C)CC2(C)C)ccc1Br. The normalized spacial score (nSPS) is 23.7. The number of hydrogen-bond donors (Lipinski definition) is 1. The Morgan fingerprint density at radius 3 is 2.68 bits per heavy atom. The average molecular weight is 326 g/mol. The fourth-order valence-electron chi connectivity index (χ4n) is 2.93. The van der Waals surface area contributed by atoms with Crippen molar-refractivity contribution in [2.45, 2.75) is 32.4 Å². The number of anilines is 1. The summed E-state index contributed by atoms with van der Waals surface area (Å²) >= 11 is 3.57. The molecule has 3 nitrogen and oxygen atoms in total. The molecular formula is C15H24BrN3. The Balaban J connectivity index is 2.32. The van der Waals surface area contributed by atoms with Crippen LogP contribution in [0.1, 0.15) is 19.4 Å². The summed E-state index contributed by atoms with van der Waals surface area (Å²) in [5.41, 5.74) is 8.59. The first-order valence-electron chi connectivity index (χ1n) is 6.79. The molecule has 0 aromatic heterocycles. The lowest BCUT2D eigenvalue weighted by Gasteiger charge is -2.51. The van der Waals surface area contributed by atoms with E-state index in [1.807, 2.05) is 0 Å². The van der Waals surface area contributed by atoms with E-state index in [2.05, 4.69) is 71.7 Å². The highest BCUT2D eigenvalue weighted by molar-refractivity contribution is 9.10. The molecule has 0 spiro atoms. The topological polar surface area (TPSA) is 32.5 Å². The van der Waals surface area contributed by atoms with E-state index in [4.69, 9.17) is 5.73 Å². The largest absolute Gasteiger partial charge is 0.363 e. The minimum atomic E-state index is 0.126. The van der Waals surface area contributed by atoms with Gasteiger partial charge in [0.25, 0.3) is 0 Å². The maximum atomic E-state index is 5.90. The molecule has 19 heavy (non-hydrogen) atoms. The molecule has 1 saturated heterocycles. The van der Waals surface area contributed by atoms with E-state index >= 15 is 0 Å². The summed E-state index contributed by atoms with van der Waals surface area (Å²) in [6, 6.07) is 7.01. The molecule has 2 N–H and O–H groups in total. The molecule has 2 rings (SSSR count). The highest BCUT2D eigenvalue weighted by atomic mass is 79.9. The Morgan fingerprint density at radius 2 is 2.11 bits per heavy atom. The first-order chi connectivity index (χ1) is 8.85. The molecule has 0 radical (unpaired) electrons. The lowest BCUT2D eigenvalue weighted by atomic mass is 9.94. The average Bonchev–Trinajstić information content (AvgIpc) is 2.32. The number of aryl methyl sites for hydroxylation is 1. The zero-order valence-electron chi connectivity index (χ0n) is 12.3.